The van der Waals surface area contributed by atoms with Crippen molar-refractivity contribution < 1.29 is 13.2 Å². The zero-order valence-electron chi connectivity index (χ0n) is 13.6. The number of nitrogens with zero attached hydrogens (tertiary/aromatic N) is 1. The van der Waals surface area contributed by atoms with Gasteiger partial charge in [-0.05, 0) is 26.3 Å². The Hall–Kier alpha value is -0.950. The van der Waals surface area contributed by atoms with Crippen LogP contribution in [-0.2, 0) is 21.3 Å². The molecule has 0 saturated carbocycles. The Morgan fingerprint density at radius 3 is 2.59 bits per heavy atom. The molecule has 2 atom stereocenters. The molecule has 5 nitrogen and oxygen atoms in total. The third kappa shape index (κ3) is 5.05. The molecule has 0 unspecified atom stereocenters. The number of nitrogens with one attached hydrogen (secondary N) is 1. The van der Waals surface area contributed by atoms with E-state index >= 15 is 0 Å². The van der Waals surface area contributed by atoms with Crippen LogP contribution in [0.4, 0.5) is 0 Å². The molecular weight excluding hydrogens is 300 g/mol. The Morgan fingerprint density at radius 1 is 1.27 bits per heavy atom. The summed E-state index contributed by atoms with van der Waals surface area (Å²) in [4.78, 5) is 0. The molecule has 22 heavy (non-hydrogen) atoms. The molecule has 0 aromatic heterocycles. The number of hydrogen-bond acceptors (Lipinski definition) is 4. The van der Waals surface area contributed by atoms with Gasteiger partial charge in [0.1, 0.15) is 0 Å². The van der Waals surface area contributed by atoms with Crippen molar-refractivity contribution in [3.63, 3.8) is 0 Å². The molecule has 0 aliphatic carbocycles. The number of ether oxygens (including phenoxy) is 1. The largest absolute Gasteiger partial charge is 0.373 e. The lowest BCUT2D eigenvalue weighted by Gasteiger charge is -2.34. The van der Waals surface area contributed by atoms with Crippen LogP contribution in [0.25, 0.3) is 0 Å². The predicted octanol–water partition coefficient (Wildman–Crippen LogP) is 1.52. The highest BCUT2D eigenvalue weighted by molar-refractivity contribution is 7.89. The average molecular weight is 326 g/mol. The van der Waals surface area contributed by atoms with Gasteiger partial charge in [0, 0.05) is 26.2 Å². The first-order valence-corrected chi connectivity index (χ1v) is 9.37. The number of sulfonamides is 1. The SMILES string of the molecule is Cc1cccc(CNCCS(=O)(=O)N2C[C@H](C)O[C@@H](C)C2)c1. The van der Waals surface area contributed by atoms with Gasteiger partial charge in [-0.2, -0.15) is 4.31 Å². The Balaban J connectivity index is 1.80. The standard InChI is InChI=1S/C16H26N2O3S/c1-13-5-4-6-16(9-13)10-17-7-8-22(19,20)18-11-14(2)21-15(3)12-18/h4-6,9,14-15,17H,7-8,10-12H2,1-3H3/t14-,15-/m0/s1. The van der Waals surface area contributed by atoms with Gasteiger partial charge in [-0.1, -0.05) is 29.8 Å². The van der Waals surface area contributed by atoms with E-state index in [0.717, 1.165) is 0 Å². The summed E-state index contributed by atoms with van der Waals surface area (Å²) in [6, 6.07) is 8.21. The van der Waals surface area contributed by atoms with Crippen molar-refractivity contribution in [2.24, 2.45) is 0 Å². The summed E-state index contributed by atoms with van der Waals surface area (Å²) < 4.78 is 31.9. The van der Waals surface area contributed by atoms with Crippen molar-refractivity contribution >= 4 is 10.0 Å². The van der Waals surface area contributed by atoms with Crippen molar-refractivity contribution in [3.05, 3.63) is 35.4 Å². The normalized spacial score (nSPS) is 23.6. The summed E-state index contributed by atoms with van der Waals surface area (Å²) in [5, 5.41) is 3.21. The van der Waals surface area contributed by atoms with E-state index in [1.807, 2.05) is 26.0 Å². The maximum absolute atomic E-state index is 12.4. The second kappa shape index (κ2) is 7.55. The fraction of sp³-hybridized carbons (Fsp3) is 0.625. The molecule has 6 heteroatoms. The van der Waals surface area contributed by atoms with Crippen LogP contribution in [0, 0.1) is 6.92 Å². The molecule has 1 N–H and O–H groups in total. The number of benzene rings is 1. The molecule has 1 aliphatic heterocycles. The van der Waals surface area contributed by atoms with Crippen LogP contribution >= 0.6 is 0 Å². The zero-order valence-corrected chi connectivity index (χ0v) is 14.4. The molecule has 0 amide bonds. The van der Waals surface area contributed by atoms with E-state index in [9.17, 15) is 8.42 Å². The number of rotatable bonds is 6. The van der Waals surface area contributed by atoms with Crippen molar-refractivity contribution in [2.75, 3.05) is 25.4 Å². The predicted molar refractivity (Wildman–Crippen MR) is 88.3 cm³/mol. The van der Waals surface area contributed by atoms with E-state index in [1.165, 1.54) is 11.1 Å². The van der Waals surface area contributed by atoms with Gasteiger partial charge in [0.05, 0.1) is 18.0 Å². The molecule has 0 bridgehead atoms. The van der Waals surface area contributed by atoms with Crippen molar-refractivity contribution in [1.82, 2.24) is 9.62 Å². The average Bonchev–Trinajstić information content (AvgIpc) is 2.43. The Bertz CT molecular complexity index is 579. The first kappa shape index (κ1) is 17.4. The van der Waals surface area contributed by atoms with Gasteiger partial charge in [0.25, 0.3) is 0 Å². The third-order valence-electron chi connectivity index (χ3n) is 3.73. The summed E-state index contributed by atoms with van der Waals surface area (Å²) in [5.41, 5.74) is 2.38. The van der Waals surface area contributed by atoms with E-state index < -0.39 is 10.0 Å². The maximum Gasteiger partial charge on any atom is 0.215 e. The fourth-order valence-electron chi connectivity index (χ4n) is 2.74. The van der Waals surface area contributed by atoms with Gasteiger partial charge in [-0.3, -0.25) is 0 Å². The van der Waals surface area contributed by atoms with Gasteiger partial charge in [0.2, 0.25) is 10.0 Å². The first-order valence-electron chi connectivity index (χ1n) is 7.76. The lowest BCUT2D eigenvalue weighted by Crippen LogP contribution is -2.49. The van der Waals surface area contributed by atoms with Crippen molar-refractivity contribution in [3.8, 4) is 0 Å². The molecule has 2 rings (SSSR count). The Kier molecular flexibility index (Phi) is 5.97. The zero-order chi connectivity index (χ0) is 16.2. The number of hydrogen-bond donors (Lipinski definition) is 1. The molecule has 0 radical (unpaired) electrons. The van der Waals surface area contributed by atoms with Crippen LogP contribution in [-0.4, -0.2) is 50.3 Å². The molecule has 1 aromatic rings. The quantitative estimate of drug-likeness (QED) is 0.806. The highest BCUT2D eigenvalue weighted by Crippen LogP contribution is 2.14. The summed E-state index contributed by atoms with van der Waals surface area (Å²) in [6.45, 7) is 7.91. The lowest BCUT2D eigenvalue weighted by molar-refractivity contribution is -0.0440. The molecule has 124 valence electrons. The van der Waals surface area contributed by atoms with Crippen LogP contribution in [0.2, 0.25) is 0 Å². The van der Waals surface area contributed by atoms with Crippen LogP contribution < -0.4 is 5.32 Å². The summed E-state index contributed by atoms with van der Waals surface area (Å²) in [6.07, 6.45) is -0.0856. The third-order valence-corrected chi connectivity index (χ3v) is 5.53. The summed E-state index contributed by atoms with van der Waals surface area (Å²) in [5.74, 6) is 0.123. The smallest absolute Gasteiger partial charge is 0.215 e. The van der Waals surface area contributed by atoms with E-state index in [1.54, 1.807) is 4.31 Å². The summed E-state index contributed by atoms with van der Waals surface area (Å²) in [7, 11) is -3.22. The highest BCUT2D eigenvalue weighted by atomic mass is 32.2. The second-order valence-electron chi connectivity index (χ2n) is 6.06. The minimum absolute atomic E-state index is 0.0428. The minimum atomic E-state index is -3.22. The van der Waals surface area contributed by atoms with Gasteiger partial charge >= 0.3 is 0 Å². The summed E-state index contributed by atoms with van der Waals surface area (Å²) >= 11 is 0. The molecular formula is C16H26N2O3S. The van der Waals surface area contributed by atoms with Crippen LogP contribution in [0.3, 0.4) is 0 Å². The first-order chi connectivity index (χ1) is 10.4. The number of morpholine rings is 1. The number of aryl methyl sites for hydroxylation is 1. The fourth-order valence-corrected chi connectivity index (χ4v) is 4.28. The van der Waals surface area contributed by atoms with Crippen molar-refractivity contribution in [2.45, 2.75) is 39.5 Å². The van der Waals surface area contributed by atoms with E-state index in [4.69, 9.17) is 4.74 Å². The van der Waals surface area contributed by atoms with Gasteiger partial charge in [-0.25, -0.2) is 8.42 Å². The minimum Gasteiger partial charge on any atom is -0.373 e. The molecule has 0 spiro atoms. The van der Waals surface area contributed by atoms with Crippen LogP contribution in [0.1, 0.15) is 25.0 Å². The highest BCUT2D eigenvalue weighted by Gasteiger charge is 2.30. The van der Waals surface area contributed by atoms with E-state index in [2.05, 4.69) is 24.4 Å². The molecule has 1 saturated heterocycles. The molecule has 1 fully saturated rings. The van der Waals surface area contributed by atoms with E-state index in [-0.39, 0.29) is 18.0 Å². The van der Waals surface area contributed by atoms with Crippen molar-refractivity contribution in [1.29, 1.82) is 0 Å². The lowest BCUT2D eigenvalue weighted by atomic mass is 10.1. The Labute approximate surface area is 133 Å². The monoisotopic (exact) mass is 326 g/mol. The molecule has 1 aromatic carbocycles. The van der Waals surface area contributed by atoms with Gasteiger partial charge in [-0.15, -0.1) is 0 Å². The van der Waals surface area contributed by atoms with Gasteiger partial charge in [0.15, 0.2) is 0 Å². The van der Waals surface area contributed by atoms with Gasteiger partial charge < -0.3 is 10.1 Å². The molecule has 1 aliphatic rings. The van der Waals surface area contributed by atoms with Crippen LogP contribution in [0.15, 0.2) is 24.3 Å². The van der Waals surface area contributed by atoms with Crippen LogP contribution in [0.5, 0.6) is 0 Å². The molecule has 1 heterocycles. The maximum atomic E-state index is 12.4. The topological polar surface area (TPSA) is 58.6 Å². The van der Waals surface area contributed by atoms with E-state index in [0.29, 0.717) is 26.2 Å². The second-order valence-corrected chi connectivity index (χ2v) is 8.14. The Morgan fingerprint density at radius 2 is 1.95 bits per heavy atom.